The van der Waals surface area contributed by atoms with Crippen LogP contribution in [-0.4, -0.2) is 69.4 Å². The van der Waals surface area contributed by atoms with Gasteiger partial charge in [0, 0.05) is 32.7 Å². The highest BCUT2D eigenvalue weighted by Crippen LogP contribution is 2.34. The van der Waals surface area contributed by atoms with Gasteiger partial charge in [-0.05, 0) is 53.6 Å². The third-order valence-electron chi connectivity index (χ3n) is 3.62. The van der Waals surface area contributed by atoms with Gasteiger partial charge in [0.25, 0.3) is 0 Å². The normalized spacial score (nSPS) is 16.9. The Balaban J connectivity index is 2.20. The molecule has 7 heteroatoms. The monoisotopic (exact) mass is 327 g/mol. The molecular weight excluding hydrogens is 294 g/mol. The van der Waals surface area contributed by atoms with Crippen molar-refractivity contribution in [3.05, 3.63) is 0 Å². The van der Waals surface area contributed by atoms with Gasteiger partial charge in [0.1, 0.15) is 5.60 Å². The number of likely N-dealkylation sites (N-methyl/N-ethyl adjacent to an activating group) is 1. The Bertz CT molecular complexity index is 398. The number of alkyl carbamates (subject to hydrolysis) is 1. The summed E-state index contributed by atoms with van der Waals surface area (Å²) in [4.78, 5) is 18.0. The Morgan fingerprint density at radius 3 is 2.30 bits per heavy atom. The SMILES string of the molecule is CN=C(NCCNC(=O)OC(C)(C)C)NCC(C1CC1)N(C)C. The van der Waals surface area contributed by atoms with Crippen LogP contribution in [0.25, 0.3) is 0 Å². The van der Waals surface area contributed by atoms with Gasteiger partial charge in [0.15, 0.2) is 5.96 Å². The van der Waals surface area contributed by atoms with Crippen molar-refractivity contribution in [3.63, 3.8) is 0 Å². The minimum atomic E-state index is -0.473. The maximum Gasteiger partial charge on any atom is 0.407 e. The molecule has 1 atom stereocenters. The van der Waals surface area contributed by atoms with Gasteiger partial charge in [-0.15, -0.1) is 0 Å². The Morgan fingerprint density at radius 2 is 1.83 bits per heavy atom. The van der Waals surface area contributed by atoms with E-state index in [0.29, 0.717) is 19.1 Å². The Hall–Kier alpha value is -1.50. The minimum absolute atomic E-state index is 0.399. The summed E-state index contributed by atoms with van der Waals surface area (Å²) in [5, 5.41) is 9.26. The van der Waals surface area contributed by atoms with Crippen molar-refractivity contribution in [2.45, 2.75) is 45.3 Å². The molecule has 0 heterocycles. The van der Waals surface area contributed by atoms with Crippen LogP contribution in [0.5, 0.6) is 0 Å². The maximum absolute atomic E-state index is 11.5. The number of ether oxygens (including phenoxy) is 1. The second-order valence-electron chi connectivity index (χ2n) is 7.18. The predicted octanol–water partition coefficient (Wildman–Crippen LogP) is 1.02. The predicted molar refractivity (Wildman–Crippen MR) is 93.8 cm³/mol. The summed E-state index contributed by atoms with van der Waals surface area (Å²) in [6.07, 6.45) is 2.23. The molecule has 0 aromatic carbocycles. The van der Waals surface area contributed by atoms with E-state index in [1.807, 2.05) is 20.8 Å². The number of rotatable bonds is 7. The molecule has 23 heavy (non-hydrogen) atoms. The van der Waals surface area contributed by atoms with Crippen molar-refractivity contribution in [3.8, 4) is 0 Å². The number of hydrogen-bond acceptors (Lipinski definition) is 4. The van der Waals surface area contributed by atoms with Crippen molar-refractivity contribution in [1.82, 2.24) is 20.9 Å². The number of amides is 1. The molecule has 1 unspecified atom stereocenters. The molecule has 0 spiro atoms. The molecule has 0 aromatic rings. The fourth-order valence-corrected chi connectivity index (χ4v) is 2.33. The van der Waals surface area contributed by atoms with E-state index in [1.54, 1.807) is 7.05 Å². The van der Waals surface area contributed by atoms with Crippen LogP contribution in [0.3, 0.4) is 0 Å². The number of guanidine groups is 1. The highest BCUT2D eigenvalue weighted by atomic mass is 16.6. The lowest BCUT2D eigenvalue weighted by Crippen LogP contribution is -2.47. The summed E-state index contributed by atoms with van der Waals surface area (Å²) in [5.41, 5.74) is -0.473. The molecule has 3 N–H and O–H groups in total. The Labute approximate surface area is 140 Å². The molecular formula is C16H33N5O2. The van der Waals surface area contributed by atoms with Crippen molar-refractivity contribution < 1.29 is 9.53 Å². The topological polar surface area (TPSA) is 78.0 Å². The van der Waals surface area contributed by atoms with Crippen LogP contribution in [-0.2, 0) is 4.74 Å². The fourth-order valence-electron chi connectivity index (χ4n) is 2.33. The van der Waals surface area contributed by atoms with E-state index in [-0.39, 0.29) is 0 Å². The summed E-state index contributed by atoms with van der Waals surface area (Å²) < 4.78 is 5.18. The second kappa shape index (κ2) is 8.96. The zero-order valence-corrected chi connectivity index (χ0v) is 15.4. The summed E-state index contributed by atoms with van der Waals surface area (Å²) in [7, 11) is 5.98. The first-order chi connectivity index (χ1) is 10.7. The standard InChI is InChI=1S/C16H33N5O2/c1-16(2,3)23-15(22)19-10-9-18-14(17-4)20-11-13(21(5)6)12-7-8-12/h12-13H,7-11H2,1-6H3,(H,19,22)(H2,17,18,20). The van der Waals surface area contributed by atoms with E-state index in [0.717, 1.165) is 18.4 Å². The molecule has 1 aliphatic rings. The van der Waals surface area contributed by atoms with Gasteiger partial charge in [0.05, 0.1) is 0 Å². The van der Waals surface area contributed by atoms with E-state index in [1.165, 1.54) is 12.8 Å². The van der Waals surface area contributed by atoms with Crippen LogP contribution < -0.4 is 16.0 Å². The lowest BCUT2D eigenvalue weighted by molar-refractivity contribution is 0.0529. The van der Waals surface area contributed by atoms with Gasteiger partial charge in [-0.2, -0.15) is 0 Å². The van der Waals surface area contributed by atoms with Crippen molar-refractivity contribution >= 4 is 12.1 Å². The maximum atomic E-state index is 11.5. The minimum Gasteiger partial charge on any atom is -0.444 e. The third kappa shape index (κ3) is 8.64. The van der Waals surface area contributed by atoms with Crippen LogP contribution in [0.2, 0.25) is 0 Å². The zero-order valence-electron chi connectivity index (χ0n) is 15.4. The molecule has 1 saturated carbocycles. The largest absolute Gasteiger partial charge is 0.444 e. The van der Waals surface area contributed by atoms with E-state index in [2.05, 4.69) is 39.9 Å². The molecule has 1 rings (SSSR count). The molecule has 0 aromatic heterocycles. The Kier molecular flexibility index (Phi) is 7.61. The van der Waals surface area contributed by atoms with Crippen LogP contribution in [0.4, 0.5) is 4.79 Å². The molecule has 134 valence electrons. The van der Waals surface area contributed by atoms with Crippen molar-refractivity contribution in [2.24, 2.45) is 10.9 Å². The first-order valence-corrected chi connectivity index (χ1v) is 8.30. The summed E-state index contributed by atoms with van der Waals surface area (Å²) in [6, 6.07) is 0.536. The zero-order chi connectivity index (χ0) is 17.5. The average Bonchev–Trinajstić information content (AvgIpc) is 3.23. The van der Waals surface area contributed by atoms with Crippen LogP contribution in [0, 0.1) is 5.92 Å². The molecule has 0 aliphatic heterocycles. The highest BCUT2D eigenvalue weighted by molar-refractivity contribution is 5.79. The van der Waals surface area contributed by atoms with Gasteiger partial charge >= 0.3 is 6.09 Å². The highest BCUT2D eigenvalue weighted by Gasteiger charge is 2.32. The fraction of sp³-hybridized carbons (Fsp3) is 0.875. The number of aliphatic imine (C=N–C) groups is 1. The van der Waals surface area contributed by atoms with E-state index in [9.17, 15) is 4.79 Å². The number of hydrogen-bond donors (Lipinski definition) is 3. The summed E-state index contributed by atoms with van der Waals surface area (Å²) in [5.74, 6) is 1.55. The summed E-state index contributed by atoms with van der Waals surface area (Å²) in [6.45, 7) is 7.48. The first kappa shape index (κ1) is 19.5. The van der Waals surface area contributed by atoms with Gasteiger partial charge in [-0.25, -0.2) is 4.79 Å². The van der Waals surface area contributed by atoms with Crippen LogP contribution >= 0.6 is 0 Å². The number of carbonyl (C=O) groups is 1. The molecule has 0 bridgehead atoms. The third-order valence-corrected chi connectivity index (χ3v) is 3.62. The molecule has 0 radical (unpaired) electrons. The van der Waals surface area contributed by atoms with Gasteiger partial charge in [-0.1, -0.05) is 0 Å². The van der Waals surface area contributed by atoms with Gasteiger partial charge < -0.3 is 25.6 Å². The van der Waals surface area contributed by atoms with Crippen LogP contribution in [0.15, 0.2) is 4.99 Å². The number of nitrogens with one attached hydrogen (secondary N) is 3. The molecule has 7 nitrogen and oxygen atoms in total. The lowest BCUT2D eigenvalue weighted by Gasteiger charge is -2.25. The molecule has 1 aliphatic carbocycles. The van der Waals surface area contributed by atoms with E-state index in [4.69, 9.17) is 4.74 Å². The smallest absolute Gasteiger partial charge is 0.407 e. The number of nitrogens with zero attached hydrogens (tertiary/aromatic N) is 2. The average molecular weight is 327 g/mol. The molecule has 0 saturated heterocycles. The van der Waals surface area contributed by atoms with Crippen molar-refractivity contribution in [2.75, 3.05) is 40.8 Å². The lowest BCUT2D eigenvalue weighted by atomic mass is 10.1. The van der Waals surface area contributed by atoms with Gasteiger partial charge in [-0.3, -0.25) is 4.99 Å². The quantitative estimate of drug-likeness (QED) is 0.370. The van der Waals surface area contributed by atoms with Crippen LogP contribution in [0.1, 0.15) is 33.6 Å². The Morgan fingerprint density at radius 1 is 1.22 bits per heavy atom. The van der Waals surface area contributed by atoms with Crippen molar-refractivity contribution in [1.29, 1.82) is 0 Å². The first-order valence-electron chi connectivity index (χ1n) is 8.30. The van der Waals surface area contributed by atoms with E-state index >= 15 is 0 Å². The van der Waals surface area contributed by atoms with Gasteiger partial charge in [0.2, 0.25) is 0 Å². The van der Waals surface area contributed by atoms with E-state index < -0.39 is 11.7 Å². The molecule has 1 fully saturated rings. The summed E-state index contributed by atoms with van der Waals surface area (Å²) >= 11 is 0. The molecule has 1 amide bonds. The number of carbonyl (C=O) groups excluding carboxylic acids is 1. The second-order valence-corrected chi connectivity index (χ2v) is 7.18.